The number of hydrogen-bond donors (Lipinski definition) is 1. The molecule has 0 saturated heterocycles. The van der Waals surface area contributed by atoms with Gasteiger partial charge in [0.15, 0.2) is 0 Å². The number of nitrogens with one attached hydrogen (secondary N) is 1. The van der Waals surface area contributed by atoms with Crippen LogP contribution >= 0.6 is 27.7 Å². The fraction of sp³-hybridized carbons (Fsp3) is 0.316. The summed E-state index contributed by atoms with van der Waals surface area (Å²) in [7, 11) is 0. The molecule has 0 spiro atoms. The summed E-state index contributed by atoms with van der Waals surface area (Å²) in [5, 5.41) is 2.98. The fourth-order valence-corrected chi connectivity index (χ4v) is 3.63. The van der Waals surface area contributed by atoms with Crippen molar-refractivity contribution in [2.75, 3.05) is 23.4 Å². The highest BCUT2D eigenvalue weighted by atomic mass is 79.9. The molecular weight excluding hydrogens is 386 g/mol. The lowest BCUT2D eigenvalue weighted by atomic mass is 10.1. The molecule has 0 saturated carbocycles. The molecule has 1 amide bonds. The first-order valence-corrected chi connectivity index (χ1v) is 10.0. The van der Waals surface area contributed by atoms with Gasteiger partial charge < -0.3 is 10.1 Å². The Morgan fingerprint density at radius 3 is 2.75 bits per heavy atom. The van der Waals surface area contributed by atoms with E-state index in [2.05, 4.69) is 33.4 Å². The molecule has 3 nitrogen and oxygen atoms in total. The zero-order chi connectivity index (χ0) is 16.8. The Kier molecular flexibility index (Phi) is 6.21. The molecule has 2 aromatic rings. The summed E-state index contributed by atoms with van der Waals surface area (Å²) in [5.41, 5.74) is 3.71. The molecule has 1 aliphatic carbocycles. The van der Waals surface area contributed by atoms with Crippen molar-refractivity contribution >= 4 is 39.3 Å². The highest BCUT2D eigenvalue weighted by Gasteiger charge is 2.11. The summed E-state index contributed by atoms with van der Waals surface area (Å²) >= 11 is 4.98. The van der Waals surface area contributed by atoms with Crippen LogP contribution in [0.1, 0.15) is 17.5 Å². The van der Waals surface area contributed by atoms with Crippen LogP contribution in [0.15, 0.2) is 46.9 Å². The van der Waals surface area contributed by atoms with Crippen molar-refractivity contribution in [3.8, 4) is 5.75 Å². The number of rotatable bonds is 7. The monoisotopic (exact) mass is 405 g/mol. The van der Waals surface area contributed by atoms with Crippen molar-refractivity contribution in [2.45, 2.75) is 19.3 Å². The normalized spacial score (nSPS) is 12.7. The van der Waals surface area contributed by atoms with E-state index in [-0.39, 0.29) is 5.91 Å². The molecule has 0 unspecified atom stereocenters. The average Bonchev–Trinajstić information content (AvgIpc) is 3.04. The highest BCUT2D eigenvalue weighted by Crippen LogP contribution is 2.25. The van der Waals surface area contributed by atoms with Gasteiger partial charge in [0.1, 0.15) is 5.75 Å². The smallest absolute Gasteiger partial charge is 0.234 e. The summed E-state index contributed by atoms with van der Waals surface area (Å²) in [6.07, 6.45) is 3.51. The number of anilines is 1. The van der Waals surface area contributed by atoms with Gasteiger partial charge in [0.05, 0.1) is 12.4 Å². The second kappa shape index (κ2) is 8.58. The van der Waals surface area contributed by atoms with E-state index < -0.39 is 0 Å². The number of hydrogen-bond acceptors (Lipinski definition) is 3. The van der Waals surface area contributed by atoms with E-state index in [9.17, 15) is 4.79 Å². The van der Waals surface area contributed by atoms with Crippen molar-refractivity contribution in [1.29, 1.82) is 0 Å². The average molecular weight is 406 g/mol. The van der Waals surface area contributed by atoms with Gasteiger partial charge in [-0.2, -0.15) is 0 Å². The van der Waals surface area contributed by atoms with E-state index in [0.29, 0.717) is 12.4 Å². The van der Waals surface area contributed by atoms with Crippen LogP contribution in [0.25, 0.3) is 0 Å². The minimum atomic E-state index is 0.0431. The van der Waals surface area contributed by atoms with E-state index in [1.54, 1.807) is 11.8 Å². The maximum absolute atomic E-state index is 12.0. The molecular formula is C19H20BrNO2S. The van der Waals surface area contributed by atoms with Gasteiger partial charge in [0.2, 0.25) is 5.91 Å². The number of benzene rings is 2. The molecule has 2 aromatic carbocycles. The van der Waals surface area contributed by atoms with E-state index in [0.717, 1.165) is 34.5 Å². The second-order valence-corrected chi connectivity index (χ2v) is 7.76. The lowest BCUT2D eigenvalue weighted by molar-refractivity contribution is -0.113. The zero-order valence-electron chi connectivity index (χ0n) is 13.4. The number of thioether (sulfide) groups is 1. The standard InChI is InChI=1S/C19H20BrNO2S/c20-16-5-8-18(9-6-16)23-10-11-24-13-19(22)21-17-7-4-14-2-1-3-15(14)12-17/h4-9,12H,1-3,10-11,13H2,(H,21,22). The van der Waals surface area contributed by atoms with Crippen molar-refractivity contribution in [2.24, 2.45) is 0 Å². The summed E-state index contributed by atoms with van der Waals surface area (Å²) in [5.74, 6) is 2.12. The number of ether oxygens (including phenoxy) is 1. The van der Waals surface area contributed by atoms with Gasteiger partial charge in [-0.05, 0) is 66.8 Å². The molecule has 24 heavy (non-hydrogen) atoms. The number of halogens is 1. The van der Waals surface area contributed by atoms with E-state index in [1.165, 1.54) is 17.5 Å². The van der Waals surface area contributed by atoms with Gasteiger partial charge >= 0.3 is 0 Å². The molecule has 5 heteroatoms. The number of fused-ring (bicyclic) bond motifs is 1. The minimum Gasteiger partial charge on any atom is -0.493 e. The maximum Gasteiger partial charge on any atom is 0.234 e. The van der Waals surface area contributed by atoms with Crippen LogP contribution in [-0.4, -0.2) is 24.0 Å². The van der Waals surface area contributed by atoms with Crippen molar-refractivity contribution in [3.63, 3.8) is 0 Å². The Morgan fingerprint density at radius 1 is 1.12 bits per heavy atom. The topological polar surface area (TPSA) is 38.3 Å². The van der Waals surface area contributed by atoms with Crippen LogP contribution in [0, 0.1) is 0 Å². The molecule has 0 heterocycles. The predicted molar refractivity (Wildman–Crippen MR) is 104 cm³/mol. The minimum absolute atomic E-state index is 0.0431. The van der Waals surface area contributed by atoms with Gasteiger partial charge in [-0.3, -0.25) is 4.79 Å². The van der Waals surface area contributed by atoms with Gasteiger partial charge in [-0.15, -0.1) is 11.8 Å². The van der Waals surface area contributed by atoms with Crippen molar-refractivity contribution in [1.82, 2.24) is 0 Å². The summed E-state index contributed by atoms with van der Waals surface area (Å²) in [6.45, 7) is 0.596. The Balaban J connectivity index is 1.34. The third kappa shape index (κ3) is 5.02. The number of carbonyl (C=O) groups excluding carboxylic acids is 1. The van der Waals surface area contributed by atoms with E-state index >= 15 is 0 Å². The number of amides is 1. The molecule has 1 N–H and O–H groups in total. The molecule has 0 aliphatic heterocycles. The van der Waals surface area contributed by atoms with Crippen LogP contribution in [-0.2, 0) is 17.6 Å². The Hall–Kier alpha value is -1.46. The molecule has 3 rings (SSSR count). The van der Waals surface area contributed by atoms with Gasteiger partial charge in [-0.25, -0.2) is 0 Å². The first kappa shape index (κ1) is 17.4. The Morgan fingerprint density at radius 2 is 1.92 bits per heavy atom. The Bertz CT molecular complexity index is 703. The number of carbonyl (C=O) groups is 1. The van der Waals surface area contributed by atoms with E-state index in [4.69, 9.17) is 4.74 Å². The van der Waals surface area contributed by atoms with Crippen LogP contribution in [0.5, 0.6) is 5.75 Å². The summed E-state index contributed by atoms with van der Waals surface area (Å²) in [6, 6.07) is 14.0. The number of aryl methyl sites for hydroxylation is 2. The molecule has 126 valence electrons. The quantitative estimate of drug-likeness (QED) is 0.678. The van der Waals surface area contributed by atoms with Gasteiger partial charge in [0.25, 0.3) is 0 Å². The van der Waals surface area contributed by atoms with Crippen LogP contribution in [0.2, 0.25) is 0 Å². The second-order valence-electron chi connectivity index (χ2n) is 5.74. The Labute approximate surface area is 155 Å². The molecule has 0 fully saturated rings. The van der Waals surface area contributed by atoms with Gasteiger partial charge in [0, 0.05) is 15.9 Å². The first-order chi connectivity index (χ1) is 11.7. The maximum atomic E-state index is 12.0. The van der Waals surface area contributed by atoms with Crippen molar-refractivity contribution < 1.29 is 9.53 Å². The molecule has 0 bridgehead atoms. The van der Waals surface area contributed by atoms with Gasteiger partial charge in [-0.1, -0.05) is 22.0 Å². The predicted octanol–water partition coefficient (Wildman–Crippen LogP) is 4.69. The third-order valence-corrected chi connectivity index (χ3v) is 5.38. The zero-order valence-corrected chi connectivity index (χ0v) is 15.8. The lowest BCUT2D eigenvalue weighted by Crippen LogP contribution is -2.15. The summed E-state index contributed by atoms with van der Waals surface area (Å²) < 4.78 is 6.67. The summed E-state index contributed by atoms with van der Waals surface area (Å²) in [4.78, 5) is 12.0. The molecule has 0 atom stereocenters. The molecule has 0 aromatic heterocycles. The lowest BCUT2D eigenvalue weighted by Gasteiger charge is -2.08. The SMILES string of the molecule is O=C(CSCCOc1ccc(Br)cc1)Nc1ccc2c(c1)CCC2. The van der Waals surface area contributed by atoms with Crippen LogP contribution < -0.4 is 10.1 Å². The molecule has 0 radical (unpaired) electrons. The van der Waals surface area contributed by atoms with Crippen LogP contribution in [0.4, 0.5) is 5.69 Å². The highest BCUT2D eigenvalue weighted by molar-refractivity contribution is 9.10. The third-order valence-electron chi connectivity index (χ3n) is 3.93. The van der Waals surface area contributed by atoms with Crippen molar-refractivity contribution in [3.05, 3.63) is 58.1 Å². The first-order valence-electron chi connectivity index (χ1n) is 8.08. The van der Waals surface area contributed by atoms with Crippen LogP contribution in [0.3, 0.4) is 0 Å². The van der Waals surface area contributed by atoms with E-state index in [1.807, 2.05) is 30.3 Å². The fourth-order valence-electron chi connectivity index (χ4n) is 2.76. The largest absolute Gasteiger partial charge is 0.493 e. The molecule has 1 aliphatic rings.